The van der Waals surface area contributed by atoms with Crippen molar-refractivity contribution in [3.05, 3.63) is 52.9 Å². The normalized spacial score (nSPS) is 14.4. The summed E-state index contributed by atoms with van der Waals surface area (Å²) in [6, 6.07) is 12.5. The fraction of sp³-hybridized carbons (Fsp3) is 0.217. The van der Waals surface area contributed by atoms with Crippen LogP contribution >= 0.6 is 35.7 Å². The number of benzene rings is 2. The van der Waals surface area contributed by atoms with Gasteiger partial charge in [-0.2, -0.15) is 0 Å². The van der Waals surface area contributed by atoms with Crippen LogP contribution < -0.4 is 14.8 Å². The highest BCUT2D eigenvalue weighted by Crippen LogP contribution is 2.34. The van der Waals surface area contributed by atoms with Crippen LogP contribution in [0.25, 0.3) is 6.08 Å². The number of nitrogens with one attached hydrogen (secondary N) is 1. The van der Waals surface area contributed by atoms with Crippen molar-refractivity contribution in [1.82, 2.24) is 4.90 Å². The van der Waals surface area contributed by atoms with Gasteiger partial charge in [-0.3, -0.25) is 19.3 Å². The van der Waals surface area contributed by atoms with Crippen molar-refractivity contribution in [1.29, 1.82) is 0 Å². The number of carbonyl (C=O) groups is 3. The molecule has 34 heavy (non-hydrogen) atoms. The van der Waals surface area contributed by atoms with E-state index in [1.165, 1.54) is 0 Å². The number of thioether (sulfide) groups is 2. The second-order valence-corrected chi connectivity index (χ2v) is 9.43. The lowest BCUT2D eigenvalue weighted by Gasteiger charge is -2.13. The van der Waals surface area contributed by atoms with E-state index in [1.54, 1.807) is 42.1 Å². The number of hydrogen-bond acceptors (Lipinski definition) is 8. The van der Waals surface area contributed by atoms with Crippen LogP contribution in [0.5, 0.6) is 11.5 Å². The van der Waals surface area contributed by atoms with Crippen molar-refractivity contribution >= 4 is 69.6 Å². The van der Waals surface area contributed by atoms with E-state index in [0.717, 1.165) is 21.6 Å². The van der Waals surface area contributed by atoms with Crippen LogP contribution in [0.15, 0.2) is 52.3 Å². The number of anilines is 1. The highest BCUT2D eigenvalue weighted by atomic mass is 32.2. The standard InChI is InChI=1S/C23H22N2O6S3/c1-3-30-18-9-14(10-19-22(29)25(12-21(27)28)23(32)34-19)7-8-17(18)31-13-20(26)24-15-5-4-6-16(11-15)33-2/h4-11H,3,12-13H2,1-2H3,(H,24,26)(H,27,28)/b19-10+. The SMILES string of the molecule is CCOc1cc(/C=C2/SC(=S)N(CC(=O)O)C2=O)ccc1OCC(=O)Nc1cccc(SC)c1. The Hall–Kier alpha value is -3.02. The number of nitrogens with zero attached hydrogens (tertiary/aromatic N) is 1. The van der Waals surface area contributed by atoms with Crippen molar-refractivity contribution in [2.24, 2.45) is 0 Å². The van der Waals surface area contributed by atoms with E-state index < -0.39 is 18.4 Å². The fourth-order valence-electron chi connectivity index (χ4n) is 2.97. The molecule has 0 spiro atoms. The number of ether oxygens (including phenoxy) is 2. The summed E-state index contributed by atoms with van der Waals surface area (Å²) in [7, 11) is 0. The van der Waals surface area contributed by atoms with E-state index in [2.05, 4.69) is 5.32 Å². The molecule has 1 heterocycles. The molecule has 0 aliphatic carbocycles. The largest absolute Gasteiger partial charge is 0.490 e. The summed E-state index contributed by atoms with van der Waals surface area (Å²) in [5, 5.41) is 11.8. The Balaban J connectivity index is 1.70. The Morgan fingerprint density at radius 2 is 2.00 bits per heavy atom. The number of rotatable bonds is 10. The Kier molecular flexibility index (Phi) is 8.97. The Morgan fingerprint density at radius 1 is 1.21 bits per heavy atom. The second kappa shape index (κ2) is 11.9. The van der Waals surface area contributed by atoms with Crippen molar-refractivity contribution < 1.29 is 29.0 Å². The molecule has 178 valence electrons. The van der Waals surface area contributed by atoms with Gasteiger partial charge in [-0.05, 0) is 55.2 Å². The Labute approximate surface area is 210 Å². The maximum atomic E-state index is 12.5. The molecule has 11 heteroatoms. The maximum absolute atomic E-state index is 12.5. The molecule has 0 saturated carbocycles. The molecule has 8 nitrogen and oxygen atoms in total. The molecule has 0 unspecified atom stereocenters. The van der Waals surface area contributed by atoms with Gasteiger partial charge in [0.05, 0.1) is 11.5 Å². The molecule has 2 amide bonds. The molecule has 2 N–H and O–H groups in total. The zero-order chi connectivity index (χ0) is 24.7. The van der Waals surface area contributed by atoms with E-state index >= 15 is 0 Å². The number of carbonyl (C=O) groups excluding carboxylic acids is 2. The molecule has 1 saturated heterocycles. The Bertz CT molecular complexity index is 1150. The van der Waals surface area contributed by atoms with Crippen LogP contribution in [0.3, 0.4) is 0 Å². The molecule has 1 fully saturated rings. The van der Waals surface area contributed by atoms with E-state index in [1.807, 2.05) is 31.4 Å². The lowest BCUT2D eigenvalue weighted by atomic mass is 10.2. The second-order valence-electron chi connectivity index (χ2n) is 6.87. The molecular formula is C23H22N2O6S3. The third-order valence-electron chi connectivity index (χ3n) is 4.44. The van der Waals surface area contributed by atoms with Gasteiger partial charge < -0.3 is 19.9 Å². The first-order chi connectivity index (χ1) is 16.3. The van der Waals surface area contributed by atoms with Crippen molar-refractivity contribution in [2.45, 2.75) is 11.8 Å². The molecule has 1 aliphatic heterocycles. The van der Waals surface area contributed by atoms with Gasteiger partial charge in [-0.15, -0.1) is 11.8 Å². The van der Waals surface area contributed by atoms with Gasteiger partial charge in [0.1, 0.15) is 10.9 Å². The molecule has 2 aromatic rings. The molecule has 3 rings (SSSR count). The van der Waals surface area contributed by atoms with Crippen molar-refractivity contribution in [3.8, 4) is 11.5 Å². The summed E-state index contributed by atoms with van der Waals surface area (Å²) < 4.78 is 11.5. The molecular weight excluding hydrogens is 496 g/mol. The molecule has 0 aromatic heterocycles. The van der Waals surface area contributed by atoms with Crippen molar-refractivity contribution in [3.63, 3.8) is 0 Å². The van der Waals surface area contributed by atoms with Gasteiger partial charge in [0.25, 0.3) is 11.8 Å². The third-order valence-corrected chi connectivity index (χ3v) is 6.55. The summed E-state index contributed by atoms with van der Waals surface area (Å²) >= 11 is 7.74. The monoisotopic (exact) mass is 518 g/mol. The highest BCUT2D eigenvalue weighted by molar-refractivity contribution is 8.26. The first-order valence-corrected chi connectivity index (χ1v) is 12.6. The number of aliphatic carboxylic acids is 1. The molecule has 2 aromatic carbocycles. The van der Waals surface area contributed by atoms with E-state index in [-0.39, 0.29) is 16.8 Å². The number of hydrogen-bond donors (Lipinski definition) is 2. The smallest absolute Gasteiger partial charge is 0.323 e. The highest BCUT2D eigenvalue weighted by Gasteiger charge is 2.33. The van der Waals surface area contributed by atoms with E-state index in [4.69, 9.17) is 26.8 Å². The van der Waals surface area contributed by atoms with Crippen LogP contribution in [0.2, 0.25) is 0 Å². The van der Waals surface area contributed by atoms with Crippen LogP contribution in [0.4, 0.5) is 5.69 Å². The van der Waals surface area contributed by atoms with E-state index in [9.17, 15) is 14.4 Å². The van der Waals surface area contributed by atoms with Crippen LogP contribution in [-0.4, -0.2) is 58.1 Å². The number of thiocarbonyl (C=S) groups is 1. The predicted molar refractivity (Wildman–Crippen MR) is 137 cm³/mol. The third kappa shape index (κ3) is 6.75. The average Bonchev–Trinajstić information content (AvgIpc) is 3.05. The van der Waals surface area contributed by atoms with Crippen LogP contribution in [0, 0.1) is 0 Å². The van der Waals surface area contributed by atoms with Gasteiger partial charge >= 0.3 is 5.97 Å². The van der Waals surface area contributed by atoms with Gasteiger partial charge in [0.2, 0.25) is 0 Å². The first-order valence-electron chi connectivity index (χ1n) is 10.1. The Morgan fingerprint density at radius 3 is 2.71 bits per heavy atom. The predicted octanol–water partition coefficient (Wildman–Crippen LogP) is 4.11. The molecule has 1 aliphatic rings. The summed E-state index contributed by atoms with van der Waals surface area (Å²) in [6.45, 7) is 1.49. The van der Waals surface area contributed by atoms with Gasteiger partial charge in [-0.25, -0.2) is 0 Å². The molecule has 0 bridgehead atoms. The minimum atomic E-state index is -1.14. The lowest BCUT2D eigenvalue weighted by molar-refractivity contribution is -0.140. The van der Waals surface area contributed by atoms with Crippen molar-refractivity contribution in [2.75, 3.05) is 31.3 Å². The van der Waals surface area contributed by atoms with Crippen LogP contribution in [0.1, 0.15) is 12.5 Å². The summed E-state index contributed by atoms with van der Waals surface area (Å²) in [5.41, 5.74) is 1.32. The maximum Gasteiger partial charge on any atom is 0.323 e. The minimum Gasteiger partial charge on any atom is -0.490 e. The number of carboxylic acid groups (broad SMARTS) is 1. The quantitative estimate of drug-likeness (QED) is 0.273. The van der Waals surface area contributed by atoms with Gasteiger partial charge in [-0.1, -0.05) is 36.1 Å². The average molecular weight is 519 g/mol. The molecule has 0 atom stereocenters. The number of amides is 2. The number of carboxylic acids is 1. The zero-order valence-electron chi connectivity index (χ0n) is 18.4. The van der Waals surface area contributed by atoms with E-state index in [0.29, 0.717) is 34.3 Å². The topological polar surface area (TPSA) is 105 Å². The lowest BCUT2D eigenvalue weighted by Crippen LogP contribution is -2.33. The van der Waals surface area contributed by atoms with Crippen LogP contribution in [-0.2, 0) is 14.4 Å². The summed E-state index contributed by atoms with van der Waals surface area (Å²) in [5.74, 6) is -1.12. The first kappa shape index (κ1) is 25.6. The minimum absolute atomic E-state index is 0.192. The molecule has 0 radical (unpaired) electrons. The van der Waals surface area contributed by atoms with Gasteiger partial charge in [0.15, 0.2) is 18.1 Å². The zero-order valence-corrected chi connectivity index (χ0v) is 20.9. The summed E-state index contributed by atoms with van der Waals surface area (Å²) in [4.78, 5) is 38.2. The van der Waals surface area contributed by atoms with Gasteiger partial charge in [0, 0.05) is 10.6 Å². The fourth-order valence-corrected chi connectivity index (χ4v) is 4.68. The summed E-state index contributed by atoms with van der Waals surface area (Å²) in [6.07, 6.45) is 3.57.